The third-order valence-electron chi connectivity index (χ3n) is 8.66. The molecule has 3 aliphatic carbocycles. The molecule has 3 heteroatoms. The minimum Gasteiger partial charge on any atom is -0.490 e. The molecule has 0 N–H and O–H groups in total. The first kappa shape index (κ1) is 23.4. The van der Waals surface area contributed by atoms with E-state index in [0.29, 0.717) is 18.3 Å². The first-order chi connectivity index (χ1) is 15.7. The molecule has 32 heavy (non-hydrogen) atoms. The van der Waals surface area contributed by atoms with E-state index in [2.05, 4.69) is 13.5 Å². The van der Waals surface area contributed by atoms with E-state index < -0.39 is 0 Å². The number of esters is 1. The maximum atomic E-state index is 13.1. The molecule has 0 aliphatic heterocycles. The van der Waals surface area contributed by atoms with Gasteiger partial charge in [0.2, 0.25) is 0 Å². The van der Waals surface area contributed by atoms with Crippen LogP contribution in [0.15, 0.2) is 36.9 Å². The summed E-state index contributed by atoms with van der Waals surface area (Å²) in [4.78, 5) is 13.1. The molecule has 0 heterocycles. The van der Waals surface area contributed by atoms with E-state index in [1.807, 2.05) is 24.3 Å². The van der Waals surface area contributed by atoms with Crippen molar-refractivity contribution in [2.75, 3.05) is 6.61 Å². The Bertz CT molecular complexity index is 731. The smallest absolute Gasteiger partial charge is 0.314 e. The van der Waals surface area contributed by atoms with Crippen molar-refractivity contribution in [1.29, 1.82) is 0 Å². The van der Waals surface area contributed by atoms with Crippen molar-refractivity contribution in [2.45, 2.75) is 84.0 Å². The zero-order valence-corrected chi connectivity index (χ0v) is 20.0. The summed E-state index contributed by atoms with van der Waals surface area (Å²) in [6, 6.07) is 7.39. The molecule has 3 aliphatic rings. The van der Waals surface area contributed by atoms with Crippen molar-refractivity contribution in [3.8, 4) is 11.5 Å². The van der Waals surface area contributed by atoms with Gasteiger partial charge in [0.05, 0.1) is 5.92 Å². The molecule has 176 valence electrons. The fourth-order valence-corrected chi connectivity index (χ4v) is 7.03. The van der Waals surface area contributed by atoms with Crippen molar-refractivity contribution >= 4 is 5.97 Å². The van der Waals surface area contributed by atoms with E-state index in [1.165, 1.54) is 70.6 Å². The third-order valence-corrected chi connectivity index (χ3v) is 8.66. The second kappa shape index (κ2) is 11.4. The summed E-state index contributed by atoms with van der Waals surface area (Å²) >= 11 is 0. The summed E-state index contributed by atoms with van der Waals surface area (Å²) in [5.41, 5.74) is 0. The summed E-state index contributed by atoms with van der Waals surface area (Å²) in [7, 11) is 0. The van der Waals surface area contributed by atoms with Crippen LogP contribution in [0.25, 0.3) is 0 Å². The van der Waals surface area contributed by atoms with Gasteiger partial charge in [-0.15, -0.1) is 0 Å². The quantitative estimate of drug-likeness (QED) is 0.238. The number of hydrogen-bond acceptors (Lipinski definition) is 3. The van der Waals surface area contributed by atoms with Crippen LogP contribution in [-0.2, 0) is 4.79 Å². The second-order valence-electron chi connectivity index (χ2n) is 10.6. The van der Waals surface area contributed by atoms with E-state index in [-0.39, 0.29) is 11.9 Å². The predicted octanol–water partition coefficient (Wildman–Crippen LogP) is 7.60. The Balaban J connectivity index is 1.29. The number of ether oxygens (including phenoxy) is 2. The highest BCUT2D eigenvalue weighted by molar-refractivity contribution is 5.75. The van der Waals surface area contributed by atoms with E-state index in [1.54, 1.807) is 6.08 Å². The topological polar surface area (TPSA) is 35.5 Å². The lowest BCUT2D eigenvalue weighted by atomic mass is 9.59. The van der Waals surface area contributed by atoms with E-state index in [9.17, 15) is 4.79 Å². The highest BCUT2D eigenvalue weighted by Crippen LogP contribution is 2.50. The van der Waals surface area contributed by atoms with Gasteiger partial charge < -0.3 is 9.47 Å². The number of fused-ring (bicyclic) bond motifs is 1. The number of carbonyl (C=O) groups is 1. The van der Waals surface area contributed by atoms with Crippen molar-refractivity contribution in [3.63, 3.8) is 0 Å². The van der Waals surface area contributed by atoms with Crippen molar-refractivity contribution in [3.05, 3.63) is 36.9 Å². The molecule has 1 aromatic carbocycles. The van der Waals surface area contributed by atoms with Gasteiger partial charge in [0.1, 0.15) is 18.1 Å². The van der Waals surface area contributed by atoms with Gasteiger partial charge in [-0.3, -0.25) is 4.79 Å². The second-order valence-corrected chi connectivity index (χ2v) is 10.6. The van der Waals surface area contributed by atoms with Crippen LogP contribution < -0.4 is 9.47 Å². The van der Waals surface area contributed by atoms with Crippen molar-refractivity contribution < 1.29 is 14.3 Å². The molecule has 0 bridgehead atoms. The molecule has 0 amide bonds. The molecule has 3 fully saturated rings. The zero-order valence-electron chi connectivity index (χ0n) is 20.0. The van der Waals surface area contributed by atoms with Gasteiger partial charge in [0.15, 0.2) is 0 Å². The van der Waals surface area contributed by atoms with E-state index >= 15 is 0 Å². The molecule has 0 radical (unpaired) electrons. The molecule has 0 spiro atoms. The number of carbonyl (C=O) groups excluding carboxylic acids is 1. The molecule has 4 rings (SSSR count). The number of rotatable bonds is 8. The van der Waals surface area contributed by atoms with Crippen LogP contribution in [0.5, 0.6) is 11.5 Å². The molecule has 4 unspecified atom stereocenters. The van der Waals surface area contributed by atoms with Crippen LogP contribution in [0, 0.1) is 35.5 Å². The van der Waals surface area contributed by atoms with Crippen LogP contribution in [0.1, 0.15) is 84.0 Å². The standard InChI is InChI=1S/C29H42O3/c1-3-6-21-9-11-22(12-10-21)23-13-18-27-24(20-23)7-5-8-28(27)29(30)32-26-16-14-25(15-17-26)31-19-4-2/h4,14-17,21-24,27-28H,2-3,5-13,18-20H2,1H3. The lowest BCUT2D eigenvalue weighted by Crippen LogP contribution is -2.40. The Kier molecular flexibility index (Phi) is 8.32. The van der Waals surface area contributed by atoms with Crippen LogP contribution in [0.4, 0.5) is 0 Å². The van der Waals surface area contributed by atoms with Crippen LogP contribution in [0.2, 0.25) is 0 Å². The number of hydrogen-bond donors (Lipinski definition) is 0. The van der Waals surface area contributed by atoms with Gasteiger partial charge in [-0.1, -0.05) is 58.1 Å². The summed E-state index contributed by atoms with van der Waals surface area (Å²) < 4.78 is 11.3. The van der Waals surface area contributed by atoms with E-state index in [4.69, 9.17) is 9.47 Å². The van der Waals surface area contributed by atoms with E-state index in [0.717, 1.165) is 35.8 Å². The van der Waals surface area contributed by atoms with Gasteiger partial charge >= 0.3 is 5.97 Å². The number of benzene rings is 1. The van der Waals surface area contributed by atoms with Gasteiger partial charge in [-0.05, 0) is 92.4 Å². The Morgan fingerprint density at radius 1 is 0.938 bits per heavy atom. The molecule has 0 aromatic heterocycles. The first-order valence-electron chi connectivity index (χ1n) is 13.2. The average Bonchev–Trinajstić information content (AvgIpc) is 2.83. The minimum atomic E-state index is -0.0158. The maximum Gasteiger partial charge on any atom is 0.314 e. The fraction of sp³-hybridized carbons (Fsp3) is 0.690. The Hall–Kier alpha value is -1.77. The predicted molar refractivity (Wildman–Crippen MR) is 130 cm³/mol. The lowest BCUT2D eigenvalue weighted by Gasteiger charge is -2.46. The van der Waals surface area contributed by atoms with Crippen LogP contribution >= 0.6 is 0 Å². The summed E-state index contributed by atoms with van der Waals surface area (Å²) in [6.45, 7) is 6.47. The lowest BCUT2D eigenvalue weighted by molar-refractivity contribution is -0.144. The first-order valence-corrected chi connectivity index (χ1v) is 13.2. The molecule has 3 nitrogen and oxygen atoms in total. The largest absolute Gasteiger partial charge is 0.490 e. The summed E-state index contributed by atoms with van der Waals surface area (Å²) in [6.07, 6.45) is 17.7. The highest BCUT2D eigenvalue weighted by Gasteiger charge is 2.43. The minimum absolute atomic E-state index is 0.0158. The molecule has 1 aromatic rings. The summed E-state index contributed by atoms with van der Waals surface area (Å²) in [5, 5.41) is 0. The normalized spacial score (nSPS) is 32.5. The van der Waals surface area contributed by atoms with Crippen molar-refractivity contribution in [1.82, 2.24) is 0 Å². The van der Waals surface area contributed by atoms with Gasteiger partial charge in [-0.25, -0.2) is 0 Å². The van der Waals surface area contributed by atoms with Crippen LogP contribution in [0.3, 0.4) is 0 Å². The Labute approximate surface area is 195 Å². The highest BCUT2D eigenvalue weighted by atomic mass is 16.5. The van der Waals surface area contributed by atoms with Gasteiger partial charge in [0.25, 0.3) is 0 Å². The summed E-state index contributed by atoms with van der Waals surface area (Å²) in [5.74, 6) is 5.54. The Morgan fingerprint density at radius 3 is 2.38 bits per heavy atom. The monoisotopic (exact) mass is 438 g/mol. The Morgan fingerprint density at radius 2 is 1.66 bits per heavy atom. The fourth-order valence-electron chi connectivity index (χ4n) is 7.03. The average molecular weight is 439 g/mol. The molecule has 0 saturated heterocycles. The molecule has 3 saturated carbocycles. The molecular weight excluding hydrogens is 396 g/mol. The maximum absolute atomic E-state index is 13.1. The SMILES string of the molecule is C=CCOc1ccc(OC(=O)C2CCCC3CC(C4CCC(CCC)CC4)CCC32)cc1. The van der Waals surface area contributed by atoms with Gasteiger partial charge in [-0.2, -0.15) is 0 Å². The zero-order chi connectivity index (χ0) is 22.3. The molecular formula is C29H42O3. The molecule has 4 atom stereocenters. The van der Waals surface area contributed by atoms with Crippen molar-refractivity contribution in [2.24, 2.45) is 35.5 Å². The van der Waals surface area contributed by atoms with Crippen LogP contribution in [-0.4, -0.2) is 12.6 Å². The third kappa shape index (κ3) is 5.77. The van der Waals surface area contributed by atoms with Gasteiger partial charge in [0, 0.05) is 0 Å².